The minimum atomic E-state index is -1.45. The summed E-state index contributed by atoms with van der Waals surface area (Å²) >= 11 is 0. The highest BCUT2D eigenvalue weighted by molar-refractivity contribution is 5.98. The molecule has 4 atom stereocenters. The Bertz CT molecular complexity index is 1410. The van der Waals surface area contributed by atoms with E-state index in [0.717, 1.165) is 5.56 Å². The van der Waals surface area contributed by atoms with Crippen molar-refractivity contribution in [3.63, 3.8) is 0 Å². The molecule has 1 aliphatic carbocycles. The molecule has 0 aromatic heterocycles. The maximum absolute atomic E-state index is 14.0. The average Bonchev–Trinajstić information content (AvgIpc) is 3.55. The Morgan fingerprint density at radius 3 is 1.76 bits per heavy atom. The molecular formula is C32H52N12O7. The maximum Gasteiger partial charge on any atom is 0.303 e. The number of rotatable bonds is 22. The van der Waals surface area contributed by atoms with Gasteiger partial charge < -0.3 is 60.8 Å². The molecule has 0 radical (unpaired) electrons. The van der Waals surface area contributed by atoms with Crippen LogP contribution in [0.1, 0.15) is 69.8 Å². The Balaban J connectivity index is 2.29. The third-order valence-corrected chi connectivity index (χ3v) is 8.35. The summed E-state index contributed by atoms with van der Waals surface area (Å²) in [5.41, 5.74) is 32.5. The second-order valence-corrected chi connectivity index (χ2v) is 12.5. The number of nitrogens with one attached hydrogen (secondary N) is 4. The molecular weight excluding hydrogens is 664 g/mol. The van der Waals surface area contributed by atoms with Crippen molar-refractivity contribution in [2.45, 2.75) is 100 Å². The van der Waals surface area contributed by atoms with Gasteiger partial charge in [0.15, 0.2) is 11.9 Å². The van der Waals surface area contributed by atoms with Gasteiger partial charge in [-0.25, -0.2) is 0 Å². The number of hydrogen-bond donors (Lipinski definition) is 11. The molecule has 1 saturated carbocycles. The molecule has 0 aliphatic heterocycles. The van der Waals surface area contributed by atoms with Crippen molar-refractivity contribution >= 4 is 47.4 Å². The van der Waals surface area contributed by atoms with Gasteiger partial charge in [0.25, 0.3) is 0 Å². The zero-order chi connectivity index (χ0) is 38.0. The Kier molecular flexibility index (Phi) is 17.1. The number of primary amides is 1. The normalized spacial score (nSPS) is 15.5. The number of aliphatic imine (C=N–C) groups is 2. The molecule has 282 valence electrons. The van der Waals surface area contributed by atoms with Crippen LogP contribution in [-0.4, -0.2) is 95.3 Å². The Labute approximate surface area is 296 Å². The fourth-order valence-corrected chi connectivity index (χ4v) is 5.59. The monoisotopic (exact) mass is 716 g/mol. The van der Waals surface area contributed by atoms with Gasteiger partial charge in [-0.15, -0.1) is 0 Å². The van der Waals surface area contributed by atoms with Crippen molar-refractivity contribution in [1.29, 1.82) is 0 Å². The fraction of sp³-hybridized carbons (Fsp3) is 0.562. The quantitative estimate of drug-likeness (QED) is 0.0323. The van der Waals surface area contributed by atoms with Crippen molar-refractivity contribution in [3.8, 4) is 0 Å². The summed E-state index contributed by atoms with van der Waals surface area (Å²) in [4.78, 5) is 85.4. The first-order valence-corrected chi connectivity index (χ1v) is 16.8. The van der Waals surface area contributed by atoms with Crippen molar-refractivity contribution in [3.05, 3.63) is 35.9 Å². The van der Waals surface area contributed by atoms with Crippen molar-refractivity contribution in [2.75, 3.05) is 13.1 Å². The fourth-order valence-electron chi connectivity index (χ4n) is 5.59. The van der Waals surface area contributed by atoms with Crippen LogP contribution in [0, 0.1) is 0 Å². The number of nitrogens with two attached hydrogens (primary N) is 6. The number of carboxylic acid groups (broad SMARTS) is 1. The van der Waals surface area contributed by atoms with Crippen molar-refractivity contribution < 1.29 is 33.9 Å². The van der Waals surface area contributed by atoms with E-state index >= 15 is 0 Å². The molecule has 0 bridgehead atoms. The molecule has 5 amide bonds. The molecule has 0 saturated heterocycles. The van der Waals surface area contributed by atoms with Crippen LogP contribution in [0.25, 0.3) is 0 Å². The van der Waals surface area contributed by atoms with E-state index in [9.17, 15) is 28.8 Å². The summed E-state index contributed by atoms with van der Waals surface area (Å²) in [7, 11) is 0. The molecule has 1 fully saturated rings. The number of nitrogens with zero attached hydrogens (tertiary/aromatic N) is 2. The number of hydrogen-bond acceptors (Lipinski definition) is 9. The maximum atomic E-state index is 14.0. The summed E-state index contributed by atoms with van der Waals surface area (Å²) in [6.07, 6.45) is 1.91. The van der Waals surface area contributed by atoms with Gasteiger partial charge in [0.05, 0.1) is 6.04 Å². The predicted octanol–water partition coefficient (Wildman–Crippen LogP) is -3.10. The van der Waals surface area contributed by atoms with E-state index in [2.05, 4.69) is 31.3 Å². The molecule has 51 heavy (non-hydrogen) atoms. The standard InChI is InChI=1S/C32H52N12O7/c33-20(12-13-24(45)46)26(48)41-22(11-7-17-40-31(37)38)28(50)44-32(14-4-5-15-32)29(51)43-21(10-6-16-39-30(35)36)27(49)42-23(25(34)47)18-19-8-2-1-3-9-19/h1-3,8-9,20-23H,4-7,10-18,33H2,(H2,34,47)(H,41,48)(H,42,49)(H,43,51)(H,44,50)(H,45,46)(H4,35,36,39)(H4,37,38,40)/t20-,21-,22-,23-/m0/s1. The minimum absolute atomic E-state index is 0.0590. The van der Waals surface area contributed by atoms with E-state index in [1.807, 2.05) is 0 Å². The number of carbonyl (C=O) groups is 6. The Morgan fingerprint density at radius 1 is 0.725 bits per heavy atom. The highest BCUT2D eigenvalue weighted by atomic mass is 16.4. The third-order valence-electron chi connectivity index (χ3n) is 8.35. The number of aliphatic carboxylic acids is 1. The van der Waals surface area contributed by atoms with E-state index in [-0.39, 0.29) is 82.8 Å². The van der Waals surface area contributed by atoms with Gasteiger partial charge in [-0.05, 0) is 50.5 Å². The zero-order valence-electron chi connectivity index (χ0n) is 28.6. The third kappa shape index (κ3) is 14.9. The SMILES string of the molecule is NC(=O)[C@H](Cc1ccccc1)NC(=O)[C@H](CCCN=C(N)N)NC(=O)C1(NC(=O)[C@H](CCCN=C(N)N)NC(=O)[C@@H](N)CCC(=O)O)CCCC1. The van der Waals surface area contributed by atoms with E-state index in [0.29, 0.717) is 12.8 Å². The van der Waals surface area contributed by atoms with Crippen LogP contribution in [0.4, 0.5) is 0 Å². The molecule has 2 rings (SSSR count). The molecule has 19 heteroatoms. The van der Waals surface area contributed by atoms with Crippen LogP contribution < -0.4 is 55.7 Å². The molecule has 1 aromatic rings. The lowest BCUT2D eigenvalue weighted by Crippen LogP contribution is -2.64. The largest absolute Gasteiger partial charge is 0.481 e. The van der Waals surface area contributed by atoms with Crippen LogP contribution >= 0.6 is 0 Å². The second-order valence-electron chi connectivity index (χ2n) is 12.5. The highest BCUT2D eigenvalue weighted by Gasteiger charge is 2.45. The minimum Gasteiger partial charge on any atom is -0.481 e. The molecule has 1 aliphatic rings. The van der Waals surface area contributed by atoms with Crippen LogP contribution in [0.3, 0.4) is 0 Å². The van der Waals surface area contributed by atoms with Crippen molar-refractivity contribution in [2.24, 2.45) is 44.4 Å². The van der Waals surface area contributed by atoms with Crippen LogP contribution in [0.15, 0.2) is 40.3 Å². The lowest BCUT2D eigenvalue weighted by molar-refractivity contribution is -0.138. The van der Waals surface area contributed by atoms with Gasteiger partial charge in [0.2, 0.25) is 29.5 Å². The lowest BCUT2D eigenvalue weighted by Gasteiger charge is -2.33. The summed E-state index contributed by atoms with van der Waals surface area (Å²) in [6, 6.07) is 4.30. The number of benzene rings is 1. The first kappa shape index (κ1) is 41.7. The summed E-state index contributed by atoms with van der Waals surface area (Å²) in [6.45, 7) is 0.300. The van der Waals surface area contributed by atoms with Gasteiger partial charge in [0, 0.05) is 25.9 Å². The highest BCUT2D eigenvalue weighted by Crippen LogP contribution is 2.30. The van der Waals surface area contributed by atoms with Gasteiger partial charge in [-0.3, -0.25) is 38.8 Å². The molecule has 0 heterocycles. The summed E-state index contributed by atoms with van der Waals surface area (Å²) in [5, 5.41) is 19.7. The van der Waals surface area contributed by atoms with Crippen molar-refractivity contribution in [1.82, 2.24) is 21.3 Å². The lowest BCUT2D eigenvalue weighted by atomic mass is 9.94. The Hall–Kier alpha value is -5.46. The van der Waals surface area contributed by atoms with Crippen LogP contribution in [0.2, 0.25) is 0 Å². The van der Waals surface area contributed by atoms with Crippen LogP contribution in [-0.2, 0) is 35.2 Å². The van der Waals surface area contributed by atoms with Gasteiger partial charge >= 0.3 is 5.97 Å². The smallest absolute Gasteiger partial charge is 0.303 e. The van der Waals surface area contributed by atoms with Gasteiger partial charge in [0.1, 0.15) is 23.7 Å². The zero-order valence-corrected chi connectivity index (χ0v) is 28.6. The van der Waals surface area contributed by atoms with E-state index in [4.69, 9.17) is 39.5 Å². The molecule has 19 nitrogen and oxygen atoms in total. The van der Waals surface area contributed by atoms with E-state index < -0.39 is 65.2 Å². The molecule has 0 spiro atoms. The van der Waals surface area contributed by atoms with E-state index in [1.165, 1.54) is 0 Å². The number of guanidine groups is 2. The number of carbonyl (C=O) groups excluding carboxylic acids is 5. The predicted molar refractivity (Wildman–Crippen MR) is 189 cm³/mol. The molecule has 1 aromatic carbocycles. The van der Waals surface area contributed by atoms with E-state index in [1.54, 1.807) is 30.3 Å². The first-order valence-electron chi connectivity index (χ1n) is 16.8. The van der Waals surface area contributed by atoms with Gasteiger partial charge in [-0.1, -0.05) is 43.2 Å². The second kappa shape index (κ2) is 20.9. The van der Waals surface area contributed by atoms with Crippen LogP contribution in [0.5, 0.6) is 0 Å². The first-order chi connectivity index (χ1) is 24.1. The average molecular weight is 717 g/mol. The molecule has 0 unspecified atom stereocenters. The molecule has 17 N–H and O–H groups in total. The Morgan fingerprint density at radius 2 is 1.25 bits per heavy atom. The number of carboxylic acids is 1. The number of amides is 5. The summed E-state index contributed by atoms with van der Waals surface area (Å²) < 4.78 is 0. The summed E-state index contributed by atoms with van der Waals surface area (Å²) in [5.74, 6) is -4.97. The van der Waals surface area contributed by atoms with Gasteiger partial charge in [-0.2, -0.15) is 0 Å². The topological polar surface area (TPSA) is 352 Å².